The van der Waals surface area contributed by atoms with E-state index in [1.807, 2.05) is 0 Å². The van der Waals surface area contributed by atoms with Gasteiger partial charge in [-0.3, -0.25) is 0 Å². The summed E-state index contributed by atoms with van der Waals surface area (Å²) in [7, 11) is 0. The lowest BCUT2D eigenvalue weighted by molar-refractivity contribution is 0.0731. The van der Waals surface area contributed by atoms with Gasteiger partial charge in [0.05, 0.1) is 0 Å². The normalized spacial score (nSPS) is 10.2. The highest BCUT2D eigenvalue weighted by Crippen LogP contribution is 2.08. The lowest BCUT2D eigenvalue weighted by atomic mass is 11.3. The third-order valence-corrected chi connectivity index (χ3v) is 0.825. The van der Waals surface area contributed by atoms with Crippen LogP contribution in [0.4, 0.5) is 4.79 Å². The number of hydrogen-bond acceptors (Lipinski definition) is 7. The summed E-state index contributed by atoms with van der Waals surface area (Å²) >= 11 is 14.6. The fourth-order valence-electron chi connectivity index (χ4n) is 0.200. The molecular weight excluding hydrogens is 212 g/mol. The molecule has 0 aromatic carbocycles. The Kier molecular flexibility index (Phi) is 5.69. The van der Waals surface area contributed by atoms with Gasteiger partial charge < -0.3 is 9.47 Å². The highest BCUT2D eigenvalue weighted by molar-refractivity contribution is 7.99. The molecule has 0 N–H and O–H groups in total. The van der Waals surface area contributed by atoms with Crippen molar-refractivity contribution in [3.05, 3.63) is 0 Å². The fraction of sp³-hybridized carbons (Fsp3) is 0.667. The van der Waals surface area contributed by atoms with Crippen LogP contribution in [0.3, 0.4) is 0 Å². The zero-order valence-electron chi connectivity index (χ0n) is 4.67. The van der Waals surface area contributed by atoms with Gasteiger partial charge in [-0.25, -0.2) is 4.79 Å². The fourth-order valence-corrected chi connectivity index (χ4v) is 0.544. The molecule has 0 rings (SSSR count). The van der Waals surface area contributed by atoms with Crippen molar-refractivity contribution in [2.24, 2.45) is 0 Å². The SMILES string of the molecule is O=C(OC(S)S)OC(S)S. The van der Waals surface area contributed by atoms with Crippen LogP contribution in [-0.2, 0) is 9.47 Å². The molecule has 0 fully saturated rings. The molecule has 0 aliphatic rings. The van der Waals surface area contributed by atoms with Gasteiger partial charge in [0.15, 0.2) is 9.54 Å². The van der Waals surface area contributed by atoms with Crippen molar-refractivity contribution in [2.45, 2.75) is 9.54 Å². The molecule has 0 spiro atoms. The molecule has 0 aromatic heterocycles. The predicted molar refractivity (Wildman–Crippen MR) is 51.1 cm³/mol. The van der Waals surface area contributed by atoms with Gasteiger partial charge in [0.25, 0.3) is 0 Å². The first-order valence-corrected chi connectivity index (χ1v) is 4.18. The summed E-state index contributed by atoms with van der Waals surface area (Å²) in [5.74, 6) is 0. The minimum Gasteiger partial charge on any atom is -0.410 e. The Hall–Kier alpha value is 0.670. The van der Waals surface area contributed by atoms with E-state index in [-0.39, 0.29) is 0 Å². The molecule has 7 heteroatoms. The molecule has 0 radical (unpaired) electrons. The van der Waals surface area contributed by atoms with Gasteiger partial charge in [0.1, 0.15) is 0 Å². The second-order valence-electron chi connectivity index (χ2n) is 1.14. The van der Waals surface area contributed by atoms with Gasteiger partial charge in [0, 0.05) is 0 Å². The number of thiol groups is 4. The first-order valence-electron chi connectivity index (χ1n) is 2.12. The molecule has 0 atom stereocenters. The van der Waals surface area contributed by atoms with E-state index in [0.29, 0.717) is 0 Å². The Bertz CT molecular complexity index is 102. The van der Waals surface area contributed by atoms with Crippen LogP contribution in [0.15, 0.2) is 0 Å². The van der Waals surface area contributed by atoms with Crippen molar-refractivity contribution >= 4 is 56.7 Å². The summed E-state index contributed by atoms with van der Waals surface area (Å²) in [6.45, 7) is 0. The minimum absolute atomic E-state index is 0.784. The quantitative estimate of drug-likeness (QED) is 0.322. The number of carbonyl (C=O) groups is 1. The molecule has 0 aromatic rings. The molecule has 0 unspecified atom stereocenters. The summed E-state index contributed by atoms with van der Waals surface area (Å²) in [5, 5.41) is 0. The number of hydrogen-bond donors (Lipinski definition) is 4. The Balaban J connectivity index is 3.44. The maximum absolute atomic E-state index is 10.4. The topological polar surface area (TPSA) is 35.5 Å². The monoisotopic (exact) mass is 218 g/mol. The van der Waals surface area contributed by atoms with E-state index in [9.17, 15) is 4.79 Å². The van der Waals surface area contributed by atoms with Gasteiger partial charge in [-0.2, -0.15) is 0 Å². The largest absolute Gasteiger partial charge is 0.512 e. The van der Waals surface area contributed by atoms with Crippen LogP contribution in [0.2, 0.25) is 0 Å². The molecule has 10 heavy (non-hydrogen) atoms. The van der Waals surface area contributed by atoms with Crippen LogP contribution < -0.4 is 0 Å². The van der Waals surface area contributed by atoms with Crippen molar-refractivity contribution in [1.82, 2.24) is 0 Å². The van der Waals surface area contributed by atoms with Gasteiger partial charge in [-0.05, 0) is 0 Å². The van der Waals surface area contributed by atoms with Crippen LogP contribution in [0.25, 0.3) is 0 Å². The van der Waals surface area contributed by atoms with E-state index in [0.717, 1.165) is 0 Å². The molecule has 0 aliphatic carbocycles. The molecule has 0 bridgehead atoms. The van der Waals surface area contributed by atoms with Gasteiger partial charge in [-0.1, -0.05) is 0 Å². The van der Waals surface area contributed by atoms with Crippen LogP contribution in [-0.4, -0.2) is 15.7 Å². The summed E-state index contributed by atoms with van der Waals surface area (Å²) in [6.07, 6.45) is -0.898. The van der Waals surface area contributed by atoms with E-state index in [1.54, 1.807) is 0 Å². The maximum atomic E-state index is 10.4. The number of ether oxygens (including phenoxy) is 2. The van der Waals surface area contributed by atoms with Crippen LogP contribution >= 0.6 is 50.5 Å². The standard InChI is InChI=1S/C3H6O3S4/c4-1(5-2(7)8)6-3(9)10/h2-3,7-10H. The van der Waals surface area contributed by atoms with Gasteiger partial charge in [-0.15, -0.1) is 50.5 Å². The van der Waals surface area contributed by atoms with E-state index in [2.05, 4.69) is 60.0 Å². The van der Waals surface area contributed by atoms with Crippen LogP contribution in [0, 0.1) is 0 Å². The van der Waals surface area contributed by atoms with Gasteiger partial charge in [0.2, 0.25) is 0 Å². The van der Waals surface area contributed by atoms with Crippen molar-refractivity contribution in [1.29, 1.82) is 0 Å². The van der Waals surface area contributed by atoms with Crippen molar-refractivity contribution in [3.8, 4) is 0 Å². The Morgan fingerprint density at radius 2 is 1.30 bits per heavy atom. The third-order valence-electron chi connectivity index (χ3n) is 0.403. The zero-order valence-corrected chi connectivity index (χ0v) is 8.25. The van der Waals surface area contributed by atoms with E-state index >= 15 is 0 Å². The van der Waals surface area contributed by atoms with Crippen molar-refractivity contribution in [3.63, 3.8) is 0 Å². The first kappa shape index (κ1) is 10.7. The Labute approximate surface area is 80.5 Å². The molecule has 0 saturated carbocycles. The Morgan fingerprint density at radius 3 is 1.50 bits per heavy atom. The zero-order chi connectivity index (χ0) is 8.15. The summed E-state index contributed by atoms with van der Waals surface area (Å²) in [5.41, 5.74) is 0. The first-order chi connectivity index (χ1) is 4.52. The smallest absolute Gasteiger partial charge is 0.410 e. The highest BCUT2D eigenvalue weighted by atomic mass is 32.2. The van der Waals surface area contributed by atoms with Crippen LogP contribution in [0.1, 0.15) is 0 Å². The number of carbonyl (C=O) groups excluding carboxylic acids is 1. The van der Waals surface area contributed by atoms with Crippen molar-refractivity contribution in [2.75, 3.05) is 0 Å². The van der Waals surface area contributed by atoms with E-state index in [4.69, 9.17) is 0 Å². The minimum atomic E-state index is -0.898. The summed E-state index contributed by atoms with van der Waals surface area (Å²) in [4.78, 5) is 10.4. The lowest BCUT2D eigenvalue weighted by Gasteiger charge is -2.07. The molecule has 0 saturated heterocycles. The molecule has 0 aliphatic heterocycles. The molecule has 60 valence electrons. The number of rotatable bonds is 2. The average Bonchev–Trinajstić information content (AvgIpc) is 1.58. The summed E-state index contributed by atoms with van der Waals surface area (Å²) in [6, 6.07) is 0. The highest BCUT2D eigenvalue weighted by Gasteiger charge is 2.09. The second-order valence-corrected chi connectivity index (χ2v) is 3.83. The molecule has 0 heterocycles. The van der Waals surface area contributed by atoms with Crippen LogP contribution in [0.5, 0.6) is 0 Å². The van der Waals surface area contributed by atoms with E-state index in [1.165, 1.54) is 0 Å². The second kappa shape index (κ2) is 5.34. The third kappa shape index (κ3) is 6.79. The maximum Gasteiger partial charge on any atom is 0.512 e. The summed E-state index contributed by atoms with van der Waals surface area (Å²) < 4.78 is 7.09. The average molecular weight is 218 g/mol. The van der Waals surface area contributed by atoms with E-state index < -0.39 is 15.7 Å². The lowest BCUT2D eigenvalue weighted by Crippen LogP contribution is -2.12. The molecule has 0 amide bonds. The molecular formula is C3H6O3S4. The van der Waals surface area contributed by atoms with Gasteiger partial charge >= 0.3 is 6.16 Å². The Morgan fingerprint density at radius 1 is 1.00 bits per heavy atom. The van der Waals surface area contributed by atoms with Crippen molar-refractivity contribution < 1.29 is 14.3 Å². The molecule has 3 nitrogen and oxygen atoms in total. The predicted octanol–water partition coefficient (Wildman–Crippen LogP) is 1.43.